The maximum Gasteiger partial charge on any atom is 0.418 e. The number of halogens is 4. The first-order valence-corrected chi connectivity index (χ1v) is 16.2. The SMILES string of the molecule is CC1(C)CCC(CN2CCN(c3ccc(S(=O)(=O)NC(=O)c4ccncc4C(F)(F)F)cc3)CC2)=C(c2ccc(Cl)cc2)C1. The minimum absolute atomic E-state index is 0.224. The predicted octanol–water partition coefficient (Wildman–Crippen LogP) is 6.66. The number of anilines is 1. The van der Waals surface area contributed by atoms with Gasteiger partial charge in [-0.15, -0.1) is 0 Å². The average Bonchev–Trinajstić information content (AvgIpc) is 2.98. The summed E-state index contributed by atoms with van der Waals surface area (Å²) < 4.78 is 67.2. The van der Waals surface area contributed by atoms with Crippen LogP contribution in [-0.2, 0) is 16.2 Å². The summed E-state index contributed by atoms with van der Waals surface area (Å²) in [6.07, 6.45) is -0.166. The van der Waals surface area contributed by atoms with Gasteiger partial charge >= 0.3 is 6.18 Å². The van der Waals surface area contributed by atoms with E-state index in [9.17, 15) is 26.4 Å². The van der Waals surface area contributed by atoms with E-state index in [0.717, 1.165) is 75.0 Å². The quantitative estimate of drug-likeness (QED) is 0.309. The standard InChI is InChI=1S/C32H34ClF3N4O3S/c1-31(2)13-11-23(28(19-31)22-3-5-24(33)6-4-22)21-39-15-17-40(18-16-39)25-7-9-26(10-8-25)44(42,43)38-30(41)27-12-14-37-20-29(27)32(34,35)36/h3-10,12,14,20H,11,13,15-19,21H2,1-2H3,(H,38,41). The van der Waals surface area contributed by atoms with Crippen molar-refractivity contribution in [1.82, 2.24) is 14.6 Å². The topological polar surface area (TPSA) is 82.6 Å². The summed E-state index contributed by atoms with van der Waals surface area (Å²) in [5, 5.41) is 0.724. The molecule has 0 saturated carbocycles. The molecule has 1 fully saturated rings. The van der Waals surface area contributed by atoms with Crippen LogP contribution in [0.25, 0.3) is 5.57 Å². The van der Waals surface area contributed by atoms with E-state index in [-0.39, 0.29) is 10.3 Å². The number of nitrogens with zero attached hydrogens (tertiary/aromatic N) is 3. The van der Waals surface area contributed by atoms with Crippen molar-refractivity contribution in [3.05, 3.63) is 94.3 Å². The Morgan fingerprint density at radius 3 is 2.30 bits per heavy atom. The van der Waals surface area contributed by atoms with Crippen LogP contribution in [0, 0.1) is 5.41 Å². The predicted molar refractivity (Wildman–Crippen MR) is 165 cm³/mol. The van der Waals surface area contributed by atoms with Gasteiger partial charge in [0.1, 0.15) is 0 Å². The Hall–Kier alpha value is -3.41. The summed E-state index contributed by atoms with van der Waals surface area (Å²) in [5.74, 6) is -1.38. The number of nitrogens with one attached hydrogen (secondary N) is 1. The zero-order valence-electron chi connectivity index (χ0n) is 24.5. The number of piperazine rings is 1. The first kappa shape index (κ1) is 32.0. The molecular weight excluding hydrogens is 613 g/mol. The number of sulfonamides is 1. The molecule has 0 atom stereocenters. The summed E-state index contributed by atoms with van der Waals surface area (Å²) in [6.45, 7) is 8.70. The molecule has 2 heterocycles. The first-order valence-electron chi connectivity index (χ1n) is 14.3. The molecule has 12 heteroatoms. The highest BCUT2D eigenvalue weighted by Crippen LogP contribution is 2.43. The number of rotatable bonds is 7. The Labute approximate surface area is 260 Å². The molecule has 1 aliphatic carbocycles. The van der Waals surface area contributed by atoms with Crippen molar-refractivity contribution >= 4 is 38.8 Å². The Morgan fingerprint density at radius 1 is 1.00 bits per heavy atom. The maximum atomic E-state index is 13.3. The third-order valence-electron chi connectivity index (χ3n) is 8.28. The Kier molecular flexibility index (Phi) is 9.11. The number of allylic oxidation sites excluding steroid dienone is 1. The number of hydrogen-bond acceptors (Lipinski definition) is 6. The molecule has 3 aromatic rings. The molecule has 1 aromatic heterocycles. The molecule has 1 N–H and O–H groups in total. The third kappa shape index (κ3) is 7.44. The monoisotopic (exact) mass is 646 g/mol. The van der Waals surface area contributed by atoms with Gasteiger partial charge in [-0.2, -0.15) is 13.2 Å². The van der Waals surface area contributed by atoms with E-state index in [1.807, 2.05) is 12.1 Å². The molecule has 1 amide bonds. The van der Waals surface area contributed by atoms with Crippen LogP contribution in [0.2, 0.25) is 5.02 Å². The third-order valence-corrected chi connectivity index (χ3v) is 9.87. The molecule has 2 aliphatic rings. The highest BCUT2D eigenvalue weighted by Gasteiger charge is 2.36. The van der Waals surface area contributed by atoms with Gasteiger partial charge in [0.05, 0.1) is 16.0 Å². The molecule has 7 nitrogen and oxygen atoms in total. The van der Waals surface area contributed by atoms with Gasteiger partial charge in [-0.05, 0) is 78.3 Å². The molecule has 2 aromatic carbocycles. The van der Waals surface area contributed by atoms with E-state index in [0.29, 0.717) is 6.20 Å². The fourth-order valence-electron chi connectivity index (χ4n) is 5.79. The van der Waals surface area contributed by atoms with Crippen molar-refractivity contribution in [3.8, 4) is 0 Å². The van der Waals surface area contributed by atoms with E-state index in [2.05, 4.69) is 40.8 Å². The smallest absolute Gasteiger partial charge is 0.369 e. The number of amides is 1. The number of carbonyl (C=O) groups excluding carboxylic acids is 1. The van der Waals surface area contributed by atoms with Crippen LogP contribution in [0.4, 0.5) is 18.9 Å². The number of carbonyl (C=O) groups is 1. The summed E-state index contributed by atoms with van der Waals surface area (Å²) in [6, 6.07) is 14.9. The molecule has 44 heavy (non-hydrogen) atoms. The number of benzene rings is 2. The van der Waals surface area contributed by atoms with Crippen LogP contribution in [0.1, 0.15) is 54.6 Å². The van der Waals surface area contributed by atoms with Crippen molar-refractivity contribution in [2.75, 3.05) is 37.6 Å². The van der Waals surface area contributed by atoms with Crippen LogP contribution < -0.4 is 9.62 Å². The average molecular weight is 647 g/mol. The van der Waals surface area contributed by atoms with Crippen molar-refractivity contribution < 1.29 is 26.4 Å². The number of aromatic nitrogens is 1. The fourth-order valence-corrected chi connectivity index (χ4v) is 6.88. The van der Waals surface area contributed by atoms with Gasteiger partial charge in [-0.1, -0.05) is 43.2 Å². The fraction of sp³-hybridized carbons (Fsp3) is 0.375. The largest absolute Gasteiger partial charge is 0.418 e. The van der Waals surface area contributed by atoms with E-state index in [1.165, 1.54) is 28.8 Å². The molecule has 5 rings (SSSR count). The second kappa shape index (κ2) is 12.5. The van der Waals surface area contributed by atoms with Gasteiger partial charge in [0.15, 0.2) is 0 Å². The highest BCUT2D eigenvalue weighted by atomic mass is 35.5. The van der Waals surface area contributed by atoms with E-state index < -0.39 is 33.2 Å². The molecule has 1 aliphatic heterocycles. The van der Waals surface area contributed by atoms with Crippen LogP contribution >= 0.6 is 11.6 Å². The maximum absolute atomic E-state index is 13.3. The van der Waals surface area contributed by atoms with Crippen molar-refractivity contribution in [2.24, 2.45) is 5.41 Å². The number of hydrogen-bond donors (Lipinski definition) is 1. The van der Waals surface area contributed by atoms with Crippen LogP contribution in [-0.4, -0.2) is 56.9 Å². The molecule has 1 saturated heterocycles. The van der Waals surface area contributed by atoms with Crippen molar-refractivity contribution in [1.29, 1.82) is 0 Å². The lowest BCUT2D eigenvalue weighted by molar-refractivity contribution is -0.138. The first-order chi connectivity index (χ1) is 20.7. The number of pyridine rings is 1. The van der Waals surface area contributed by atoms with Crippen LogP contribution in [0.3, 0.4) is 0 Å². The summed E-state index contributed by atoms with van der Waals surface area (Å²) in [4.78, 5) is 20.3. The van der Waals surface area contributed by atoms with E-state index >= 15 is 0 Å². The molecule has 0 spiro atoms. The molecule has 234 valence electrons. The summed E-state index contributed by atoms with van der Waals surface area (Å²) in [5.41, 5.74) is 3.02. The van der Waals surface area contributed by atoms with Crippen molar-refractivity contribution in [2.45, 2.75) is 44.2 Å². The van der Waals surface area contributed by atoms with Gasteiger partial charge in [0.25, 0.3) is 15.9 Å². The normalized spacial score (nSPS) is 17.9. The van der Waals surface area contributed by atoms with Gasteiger partial charge in [-0.25, -0.2) is 13.1 Å². The number of alkyl halides is 3. The van der Waals surface area contributed by atoms with Gasteiger partial charge in [0, 0.05) is 55.8 Å². The van der Waals surface area contributed by atoms with Crippen LogP contribution in [0.5, 0.6) is 0 Å². The summed E-state index contributed by atoms with van der Waals surface area (Å²) >= 11 is 6.14. The van der Waals surface area contributed by atoms with Gasteiger partial charge in [-0.3, -0.25) is 14.7 Å². The molecule has 0 bridgehead atoms. The lowest BCUT2D eigenvalue weighted by Gasteiger charge is -2.39. The molecular formula is C32H34ClF3N4O3S. The Bertz CT molecular complexity index is 1650. The molecule has 0 unspecified atom stereocenters. The zero-order chi connectivity index (χ0) is 31.7. The van der Waals surface area contributed by atoms with Gasteiger partial charge < -0.3 is 4.90 Å². The lowest BCUT2D eigenvalue weighted by Crippen LogP contribution is -2.47. The zero-order valence-corrected chi connectivity index (χ0v) is 26.1. The lowest BCUT2D eigenvalue weighted by atomic mass is 9.72. The highest BCUT2D eigenvalue weighted by molar-refractivity contribution is 7.90. The Morgan fingerprint density at radius 2 is 1.66 bits per heavy atom. The minimum atomic E-state index is -4.86. The second-order valence-electron chi connectivity index (χ2n) is 12.0. The van der Waals surface area contributed by atoms with E-state index in [4.69, 9.17) is 11.6 Å². The van der Waals surface area contributed by atoms with Crippen LogP contribution in [0.15, 0.2) is 77.5 Å². The molecule has 0 radical (unpaired) electrons. The Balaban J connectivity index is 1.22. The minimum Gasteiger partial charge on any atom is -0.369 e. The van der Waals surface area contributed by atoms with E-state index in [1.54, 1.807) is 16.9 Å². The second-order valence-corrected chi connectivity index (χ2v) is 14.2. The van der Waals surface area contributed by atoms with Crippen molar-refractivity contribution in [3.63, 3.8) is 0 Å². The van der Waals surface area contributed by atoms with Gasteiger partial charge in [0.2, 0.25) is 0 Å². The summed E-state index contributed by atoms with van der Waals surface area (Å²) in [7, 11) is -4.41.